The predicted octanol–water partition coefficient (Wildman–Crippen LogP) is 7.20. The molecule has 1 N–H and O–H groups in total. The van der Waals surface area contributed by atoms with Gasteiger partial charge in [-0.15, -0.1) is 0 Å². The van der Waals surface area contributed by atoms with Gasteiger partial charge >= 0.3 is 0 Å². The van der Waals surface area contributed by atoms with Crippen LogP contribution >= 0.6 is 11.6 Å². The van der Waals surface area contributed by atoms with Gasteiger partial charge in [0.05, 0.1) is 26.5 Å². The number of carbonyl (C=O) groups excluding carboxylic acids is 1. The molecule has 1 amide bonds. The van der Waals surface area contributed by atoms with Crippen molar-refractivity contribution in [2.45, 2.75) is 87.2 Å². The molecule has 2 unspecified atom stereocenters. The number of carbonyl (C=O) groups is 1. The topological polar surface area (TPSA) is 70.5 Å². The SMILES string of the molecule is CCNS(=O)c1cccc(C(=O)N2CCC(CCN3[C@@H]4CC[C@H]3CC(n3c(C)nc5ccccc53)C4)(c3cccc(F)c3)CC2)c1Cl. The fourth-order valence-corrected chi connectivity index (χ4v) is 9.94. The highest BCUT2D eigenvalue weighted by Crippen LogP contribution is 2.45. The molecular weight excluding hydrogens is 633 g/mol. The highest BCUT2D eigenvalue weighted by Gasteiger charge is 2.44. The molecular formula is C37H43ClFN5O2S. The van der Waals surface area contributed by atoms with Gasteiger partial charge in [0.2, 0.25) is 0 Å². The van der Waals surface area contributed by atoms with Crippen LogP contribution in [0.3, 0.4) is 0 Å². The number of likely N-dealkylation sites (tertiary alicyclic amines) is 1. The summed E-state index contributed by atoms with van der Waals surface area (Å²) in [6, 6.07) is 22.2. The van der Waals surface area contributed by atoms with Crippen LogP contribution in [-0.2, 0) is 16.4 Å². The van der Waals surface area contributed by atoms with Gasteiger partial charge in [-0.3, -0.25) is 9.69 Å². The highest BCUT2D eigenvalue weighted by molar-refractivity contribution is 7.83. The Kier molecular flexibility index (Phi) is 9.26. The smallest absolute Gasteiger partial charge is 0.255 e. The Hall–Kier alpha value is -3.11. The first-order chi connectivity index (χ1) is 22.8. The molecule has 10 heteroatoms. The summed E-state index contributed by atoms with van der Waals surface area (Å²) < 4.78 is 32.6. The van der Waals surface area contributed by atoms with E-state index >= 15 is 0 Å². The van der Waals surface area contributed by atoms with Gasteiger partial charge in [0.25, 0.3) is 5.91 Å². The summed E-state index contributed by atoms with van der Waals surface area (Å²) in [7, 11) is -1.49. The fourth-order valence-electron chi connectivity index (χ4n) is 8.63. The molecule has 0 aliphatic carbocycles. The van der Waals surface area contributed by atoms with Crippen molar-refractivity contribution in [3.63, 3.8) is 0 Å². The quantitative estimate of drug-likeness (QED) is 0.204. The monoisotopic (exact) mass is 675 g/mol. The molecule has 3 aromatic carbocycles. The van der Waals surface area contributed by atoms with Crippen LogP contribution in [0.4, 0.5) is 4.39 Å². The molecule has 3 fully saturated rings. The van der Waals surface area contributed by atoms with Gasteiger partial charge in [-0.05, 0) is 106 Å². The number of aromatic nitrogens is 2. The number of hydrogen-bond donors (Lipinski definition) is 1. The van der Waals surface area contributed by atoms with Crippen molar-refractivity contribution in [3.8, 4) is 0 Å². The summed E-state index contributed by atoms with van der Waals surface area (Å²) in [5, 5.41) is 0.233. The number of imidazole rings is 1. The van der Waals surface area contributed by atoms with Crippen LogP contribution in [0.25, 0.3) is 11.0 Å². The largest absolute Gasteiger partial charge is 0.339 e. The molecule has 0 saturated carbocycles. The van der Waals surface area contributed by atoms with Crippen molar-refractivity contribution in [3.05, 3.63) is 94.5 Å². The van der Waals surface area contributed by atoms with Gasteiger partial charge in [0.1, 0.15) is 22.6 Å². The molecule has 7 rings (SSSR count). The number of halogens is 2. The zero-order valence-electron chi connectivity index (χ0n) is 27.1. The number of hydrogen-bond acceptors (Lipinski definition) is 4. The molecule has 248 valence electrons. The Labute approximate surface area is 284 Å². The lowest BCUT2D eigenvalue weighted by Crippen LogP contribution is -2.49. The maximum atomic E-state index is 14.6. The van der Waals surface area contributed by atoms with E-state index in [2.05, 4.69) is 51.4 Å². The normalized spacial score (nSPS) is 23.3. The third kappa shape index (κ3) is 6.16. The van der Waals surface area contributed by atoms with E-state index in [1.165, 1.54) is 24.4 Å². The lowest BCUT2D eigenvalue weighted by molar-refractivity contribution is 0.0606. The first-order valence-electron chi connectivity index (χ1n) is 17.0. The molecule has 1 aromatic heterocycles. The number of aryl methyl sites for hydroxylation is 1. The maximum absolute atomic E-state index is 14.6. The second kappa shape index (κ2) is 13.4. The lowest BCUT2D eigenvalue weighted by atomic mass is 9.70. The minimum Gasteiger partial charge on any atom is -0.339 e. The summed E-state index contributed by atoms with van der Waals surface area (Å²) >= 11 is 6.64. The van der Waals surface area contributed by atoms with Crippen LogP contribution in [0.1, 0.15) is 79.7 Å². The fraction of sp³-hybridized carbons (Fsp3) is 0.459. The average molecular weight is 676 g/mol. The molecule has 3 saturated heterocycles. The predicted molar refractivity (Wildman–Crippen MR) is 186 cm³/mol. The van der Waals surface area contributed by atoms with E-state index in [1.807, 2.05) is 17.9 Å². The first kappa shape index (κ1) is 32.4. The molecule has 3 aliphatic rings. The molecule has 47 heavy (non-hydrogen) atoms. The Morgan fingerprint density at radius 2 is 1.74 bits per heavy atom. The van der Waals surface area contributed by atoms with Gasteiger partial charge in [0.15, 0.2) is 0 Å². The minimum atomic E-state index is -1.49. The van der Waals surface area contributed by atoms with Crippen LogP contribution in [0, 0.1) is 12.7 Å². The molecule has 0 radical (unpaired) electrons. The number of benzene rings is 3. The maximum Gasteiger partial charge on any atom is 0.255 e. The van der Waals surface area contributed by atoms with Gasteiger partial charge in [-0.25, -0.2) is 18.3 Å². The standard InChI is InChI=1S/C37H43ClFN5O2S/c1-3-40-47(46)34-13-7-10-31(35(34)38)36(45)42-19-16-37(17-20-42,26-8-6-9-27(39)22-26)18-21-43-28-14-15-29(43)24-30(23-28)44-25(2)41-32-11-4-5-12-33(32)44/h4-13,22,28-30,40H,3,14-21,23-24H2,1-2H3/t28-,29+,30?,47?. The molecule has 0 spiro atoms. The first-order valence-corrected chi connectivity index (χ1v) is 18.5. The number of nitrogens with one attached hydrogen (secondary N) is 1. The molecule has 4 aromatic rings. The third-order valence-corrected chi connectivity index (χ3v) is 12.8. The van der Waals surface area contributed by atoms with E-state index in [0.29, 0.717) is 48.2 Å². The van der Waals surface area contributed by atoms with Gasteiger partial charge < -0.3 is 9.47 Å². The van der Waals surface area contributed by atoms with Crippen LogP contribution in [0.2, 0.25) is 5.02 Å². The van der Waals surface area contributed by atoms with Gasteiger partial charge in [-0.1, -0.05) is 48.9 Å². The van der Waals surface area contributed by atoms with E-state index in [-0.39, 0.29) is 22.2 Å². The molecule has 7 nitrogen and oxygen atoms in total. The van der Waals surface area contributed by atoms with Crippen LogP contribution in [0.5, 0.6) is 0 Å². The molecule has 4 heterocycles. The second-order valence-electron chi connectivity index (χ2n) is 13.5. The summed E-state index contributed by atoms with van der Waals surface area (Å²) in [5.74, 6) is 0.719. The van der Waals surface area contributed by atoms with E-state index in [4.69, 9.17) is 16.6 Å². The Morgan fingerprint density at radius 3 is 2.47 bits per heavy atom. The number of para-hydroxylation sites is 2. The molecule has 2 bridgehead atoms. The zero-order chi connectivity index (χ0) is 32.7. The number of amides is 1. The zero-order valence-corrected chi connectivity index (χ0v) is 28.7. The number of fused-ring (bicyclic) bond motifs is 3. The minimum absolute atomic E-state index is 0.152. The second-order valence-corrected chi connectivity index (χ2v) is 15.1. The Bertz CT molecular complexity index is 1790. The van der Waals surface area contributed by atoms with E-state index in [9.17, 15) is 13.4 Å². The summed E-state index contributed by atoms with van der Waals surface area (Å²) in [6.07, 6.45) is 7.06. The van der Waals surface area contributed by atoms with Gasteiger partial charge in [-0.2, -0.15) is 0 Å². The van der Waals surface area contributed by atoms with Crippen molar-refractivity contribution < 1.29 is 13.4 Å². The van der Waals surface area contributed by atoms with Crippen molar-refractivity contribution in [1.82, 2.24) is 24.1 Å². The van der Waals surface area contributed by atoms with Crippen LogP contribution < -0.4 is 4.72 Å². The Morgan fingerprint density at radius 1 is 1.02 bits per heavy atom. The summed E-state index contributed by atoms with van der Waals surface area (Å²) in [5.41, 5.74) is 3.46. The van der Waals surface area contributed by atoms with Crippen LogP contribution in [0.15, 0.2) is 71.6 Å². The van der Waals surface area contributed by atoms with E-state index in [0.717, 1.165) is 55.6 Å². The third-order valence-electron chi connectivity index (χ3n) is 11.0. The number of piperidine rings is 2. The van der Waals surface area contributed by atoms with Crippen molar-refractivity contribution >= 4 is 39.5 Å². The van der Waals surface area contributed by atoms with Gasteiger partial charge in [0, 0.05) is 37.8 Å². The molecule has 3 aliphatic heterocycles. The van der Waals surface area contributed by atoms with Crippen LogP contribution in [-0.4, -0.2) is 67.7 Å². The van der Waals surface area contributed by atoms with Crippen molar-refractivity contribution in [1.29, 1.82) is 0 Å². The molecule has 4 atom stereocenters. The van der Waals surface area contributed by atoms with E-state index in [1.54, 1.807) is 24.3 Å². The number of nitrogens with zero attached hydrogens (tertiary/aromatic N) is 4. The number of rotatable bonds is 9. The van der Waals surface area contributed by atoms with Crippen molar-refractivity contribution in [2.24, 2.45) is 0 Å². The Balaban J connectivity index is 1.07. The van der Waals surface area contributed by atoms with E-state index < -0.39 is 11.0 Å². The summed E-state index contributed by atoms with van der Waals surface area (Å²) in [4.78, 5) is 23.6. The van der Waals surface area contributed by atoms with Crippen molar-refractivity contribution in [2.75, 3.05) is 26.2 Å². The average Bonchev–Trinajstić information content (AvgIpc) is 3.54. The highest BCUT2D eigenvalue weighted by atomic mass is 35.5. The summed E-state index contributed by atoms with van der Waals surface area (Å²) in [6.45, 7) is 6.58. The lowest BCUT2D eigenvalue weighted by Gasteiger charge is -2.45.